The smallest absolute Gasteiger partial charge is 0.222 e. The van der Waals surface area contributed by atoms with E-state index in [1.54, 1.807) is 6.20 Å². The van der Waals surface area contributed by atoms with Crippen LogP contribution in [-0.4, -0.2) is 23.5 Å². The van der Waals surface area contributed by atoms with Gasteiger partial charge in [-0.05, 0) is 41.8 Å². The Kier molecular flexibility index (Phi) is 3.75. The summed E-state index contributed by atoms with van der Waals surface area (Å²) in [5.41, 5.74) is 11.7. The minimum Gasteiger partial charge on any atom is -0.397 e. The van der Waals surface area contributed by atoms with Crippen LogP contribution in [-0.2, 0) is 4.79 Å². The summed E-state index contributed by atoms with van der Waals surface area (Å²) in [6.45, 7) is 2.74. The van der Waals surface area contributed by atoms with Gasteiger partial charge in [0, 0.05) is 12.6 Å². The van der Waals surface area contributed by atoms with E-state index in [0.717, 1.165) is 23.1 Å². The van der Waals surface area contributed by atoms with Gasteiger partial charge in [-0.2, -0.15) is 0 Å². The van der Waals surface area contributed by atoms with Gasteiger partial charge in [0.05, 0.1) is 22.3 Å². The van der Waals surface area contributed by atoms with Gasteiger partial charge in [0.25, 0.3) is 0 Å². The van der Waals surface area contributed by atoms with Crippen LogP contribution in [0, 0.1) is 5.92 Å². The van der Waals surface area contributed by atoms with E-state index in [0.29, 0.717) is 18.3 Å². The third kappa shape index (κ3) is 2.58. The molecule has 1 aliphatic heterocycles. The molecule has 18 heavy (non-hydrogen) atoms. The predicted molar refractivity (Wildman–Crippen MR) is 75.1 cm³/mol. The lowest BCUT2D eigenvalue weighted by Crippen LogP contribution is -2.46. The van der Waals surface area contributed by atoms with Gasteiger partial charge in [-0.15, -0.1) is 0 Å². The zero-order valence-electron chi connectivity index (χ0n) is 10.3. The Bertz CT molecular complexity index is 465. The average molecular weight is 313 g/mol. The monoisotopic (exact) mass is 312 g/mol. The molecule has 1 amide bonds. The lowest BCUT2D eigenvalue weighted by molar-refractivity contribution is -0.122. The molecule has 2 rings (SSSR count). The van der Waals surface area contributed by atoms with E-state index < -0.39 is 0 Å². The molecule has 4 N–H and O–H groups in total. The van der Waals surface area contributed by atoms with Crippen LogP contribution in [0.2, 0.25) is 0 Å². The van der Waals surface area contributed by atoms with Crippen LogP contribution < -0.4 is 16.4 Å². The van der Waals surface area contributed by atoms with Gasteiger partial charge in [0.2, 0.25) is 5.91 Å². The van der Waals surface area contributed by atoms with Crippen molar-refractivity contribution in [3.8, 4) is 0 Å². The molecule has 1 aliphatic rings. The van der Waals surface area contributed by atoms with Crippen molar-refractivity contribution < 1.29 is 4.79 Å². The summed E-state index contributed by atoms with van der Waals surface area (Å²) in [5, 5.41) is 0. The van der Waals surface area contributed by atoms with Crippen molar-refractivity contribution in [1.82, 2.24) is 4.98 Å². The third-order valence-electron chi connectivity index (χ3n) is 3.40. The van der Waals surface area contributed by atoms with Gasteiger partial charge in [-0.3, -0.25) is 4.79 Å². The number of aromatic nitrogens is 1. The number of nitrogen functional groups attached to an aromatic ring is 1. The topological polar surface area (TPSA) is 85.2 Å². The molecule has 1 saturated heterocycles. The molecule has 0 aromatic carbocycles. The Balaban J connectivity index is 2.26. The molecular weight excluding hydrogens is 296 g/mol. The molecule has 0 aliphatic carbocycles. The molecule has 6 heteroatoms. The Morgan fingerprint density at radius 1 is 1.56 bits per heavy atom. The van der Waals surface area contributed by atoms with E-state index in [-0.39, 0.29) is 11.8 Å². The zero-order chi connectivity index (χ0) is 13.3. The van der Waals surface area contributed by atoms with Crippen LogP contribution in [0.3, 0.4) is 0 Å². The predicted octanol–water partition coefficient (Wildman–Crippen LogP) is 1.52. The van der Waals surface area contributed by atoms with Crippen molar-refractivity contribution in [2.45, 2.75) is 25.8 Å². The molecule has 98 valence electrons. The summed E-state index contributed by atoms with van der Waals surface area (Å²) in [4.78, 5) is 17.8. The molecule has 2 atom stereocenters. The maximum Gasteiger partial charge on any atom is 0.222 e. The Labute approximate surface area is 115 Å². The molecule has 1 aromatic heterocycles. The summed E-state index contributed by atoms with van der Waals surface area (Å²) in [7, 11) is 0. The van der Waals surface area contributed by atoms with Crippen molar-refractivity contribution >= 4 is 33.3 Å². The van der Waals surface area contributed by atoms with Gasteiger partial charge in [0.15, 0.2) is 0 Å². The number of rotatable bonds is 2. The molecule has 2 unspecified atom stereocenters. The number of nitrogens with two attached hydrogens (primary N) is 2. The highest BCUT2D eigenvalue weighted by Gasteiger charge is 2.30. The number of primary amides is 1. The summed E-state index contributed by atoms with van der Waals surface area (Å²) in [6.07, 6.45) is 3.41. The number of carbonyl (C=O) groups excluding carboxylic acids is 1. The minimum absolute atomic E-state index is 0.104. The van der Waals surface area contributed by atoms with Crippen LogP contribution >= 0.6 is 15.9 Å². The lowest BCUT2D eigenvalue weighted by Gasteiger charge is -2.38. The summed E-state index contributed by atoms with van der Waals surface area (Å²) >= 11 is 3.47. The number of anilines is 2. The number of nitrogens with zero attached hydrogens (tertiary/aromatic N) is 2. The molecule has 0 saturated carbocycles. The number of hydrogen-bond donors (Lipinski definition) is 2. The van der Waals surface area contributed by atoms with Crippen LogP contribution in [0.25, 0.3) is 0 Å². The summed E-state index contributed by atoms with van der Waals surface area (Å²) in [6, 6.07) is 2.16. The van der Waals surface area contributed by atoms with Crippen LogP contribution in [0.4, 0.5) is 11.5 Å². The Morgan fingerprint density at radius 2 is 2.28 bits per heavy atom. The quantitative estimate of drug-likeness (QED) is 0.867. The normalized spacial score (nSPS) is 24.0. The highest BCUT2D eigenvalue weighted by atomic mass is 79.9. The maximum absolute atomic E-state index is 11.3. The van der Waals surface area contributed by atoms with Crippen molar-refractivity contribution in [3.05, 3.63) is 16.7 Å². The van der Waals surface area contributed by atoms with Gasteiger partial charge < -0.3 is 16.4 Å². The van der Waals surface area contributed by atoms with Gasteiger partial charge in [-0.25, -0.2) is 4.98 Å². The molecule has 5 nitrogen and oxygen atoms in total. The molecule has 0 spiro atoms. The number of carbonyl (C=O) groups is 1. The van der Waals surface area contributed by atoms with Crippen LogP contribution in [0.1, 0.15) is 19.8 Å². The number of pyridine rings is 1. The zero-order valence-corrected chi connectivity index (χ0v) is 11.9. The fraction of sp³-hybridized carbons (Fsp3) is 0.500. The lowest BCUT2D eigenvalue weighted by atomic mass is 9.93. The first kappa shape index (κ1) is 13.1. The van der Waals surface area contributed by atoms with E-state index in [4.69, 9.17) is 11.5 Å². The molecule has 2 heterocycles. The first-order valence-corrected chi connectivity index (χ1v) is 6.75. The van der Waals surface area contributed by atoms with Crippen molar-refractivity contribution in [1.29, 1.82) is 0 Å². The average Bonchev–Trinajstić information content (AvgIpc) is 2.30. The second-order valence-electron chi connectivity index (χ2n) is 4.75. The first-order chi connectivity index (χ1) is 8.49. The van der Waals surface area contributed by atoms with E-state index in [9.17, 15) is 4.79 Å². The van der Waals surface area contributed by atoms with E-state index in [1.807, 2.05) is 6.07 Å². The summed E-state index contributed by atoms with van der Waals surface area (Å²) in [5.74, 6) is 0.480. The third-order valence-corrected chi connectivity index (χ3v) is 3.98. The van der Waals surface area contributed by atoms with Crippen molar-refractivity contribution in [2.75, 3.05) is 17.2 Å². The Morgan fingerprint density at radius 3 is 2.89 bits per heavy atom. The standard InChI is InChI=1S/C12H17BrN4O/c1-7-2-3-8(11(15)18)6-17(7)12-10(13)4-9(14)5-16-12/h4-5,7-8H,2-3,6,14H2,1H3,(H2,15,18). The largest absolute Gasteiger partial charge is 0.397 e. The van der Waals surface area contributed by atoms with Crippen LogP contribution in [0.5, 0.6) is 0 Å². The second kappa shape index (κ2) is 5.14. The highest BCUT2D eigenvalue weighted by Crippen LogP contribution is 2.32. The first-order valence-electron chi connectivity index (χ1n) is 5.96. The number of amides is 1. The Hall–Kier alpha value is -1.30. The fourth-order valence-electron chi connectivity index (χ4n) is 2.29. The number of piperidine rings is 1. The number of hydrogen-bond acceptors (Lipinski definition) is 4. The highest BCUT2D eigenvalue weighted by molar-refractivity contribution is 9.10. The fourth-order valence-corrected chi connectivity index (χ4v) is 2.89. The molecule has 1 aromatic rings. The molecule has 0 bridgehead atoms. The second-order valence-corrected chi connectivity index (χ2v) is 5.61. The molecule has 1 fully saturated rings. The van der Waals surface area contributed by atoms with Gasteiger partial charge in [-0.1, -0.05) is 0 Å². The van der Waals surface area contributed by atoms with Crippen molar-refractivity contribution in [3.63, 3.8) is 0 Å². The van der Waals surface area contributed by atoms with E-state index in [2.05, 4.69) is 32.7 Å². The van der Waals surface area contributed by atoms with Crippen molar-refractivity contribution in [2.24, 2.45) is 11.7 Å². The minimum atomic E-state index is -0.238. The maximum atomic E-state index is 11.3. The summed E-state index contributed by atoms with van der Waals surface area (Å²) < 4.78 is 0.847. The SMILES string of the molecule is CC1CCC(C(N)=O)CN1c1ncc(N)cc1Br. The number of halogens is 1. The molecular formula is C12H17BrN4O. The molecule has 0 radical (unpaired) electrons. The van der Waals surface area contributed by atoms with Gasteiger partial charge in [0.1, 0.15) is 5.82 Å². The van der Waals surface area contributed by atoms with E-state index in [1.165, 1.54) is 0 Å². The van der Waals surface area contributed by atoms with Crippen LogP contribution in [0.15, 0.2) is 16.7 Å². The van der Waals surface area contributed by atoms with E-state index >= 15 is 0 Å². The van der Waals surface area contributed by atoms with Gasteiger partial charge >= 0.3 is 0 Å².